The van der Waals surface area contributed by atoms with E-state index in [1.807, 2.05) is 6.08 Å². The van der Waals surface area contributed by atoms with Crippen LogP contribution in [-0.4, -0.2) is 0 Å². The van der Waals surface area contributed by atoms with Crippen molar-refractivity contribution in [3.05, 3.63) is 47.5 Å². The van der Waals surface area contributed by atoms with Gasteiger partial charge in [0.2, 0.25) is 0 Å². The van der Waals surface area contributed by atoms with Gasteiger partial charge in [0.25, 0.3) is 0 Å². The fraction of sp³-hybridized carbons (Fsp3) is 0. The third-order valence-electron chi connectivity index (χ3n) is 2.00. The molecule has 2 rings (SSSR count). The Morgan fingerprint density at radius 1 is 1.33 bits per heavy atom. The minimum absolute atomic E-state index is 1.09. The SMILES string of the molecule is [CH2]c1cc(C=C)c2csccc1-2. The van der Waals surface area contributed by atoms with E-state index in [0.29, 0.717) is 0 Å². The molecule has 0 bridgehead atoms. The zero-order valence-corrected chi connectivity index (χ0v) is 7.53. The topological polar surface area (TPSA) is 0 Å². The minimum atomic E-state index is 1.09. The molecule has 1 radical (unpaired) electrons. The Bertz CT molecular complexity index is 384. The average molecular weight is 173 g/mol. The lowest BCUT2D eigenvalue weighted by Gasteiger charge is -1.98. The maximum atomic E-state index is 3.97. The van der Waals surface area contributed by atoms with Crippen LogP contribution < -0.4 is 0 Å². The minimum Gasteiger partial charge on any atom is -0.152 e. The molecule has 1 aliphatic carbocycles. The van der Waals surface area contributed by atoms with E-state index in [1.165, 1.54) is 16.7 Å². The largest absolute Gasteiger partial charge is 0.152 e. The van der Waals surface area contributed by atoms with Gasteiger partial charge >= 0.3 is 0 Å². The Hall–Kier alpha value is -1.08. The standard InChI is InChI=1S/C11H9S/c1-3-9-6-8(2)10-4-5-12-7-11(9)10/h3-7H,1-2H2. The maximum Gasteiger partial charge on any atom is -0.000888 e. The first-order chi connectivity index (χ1) is 5.83. The van der Waals surface area contributed by atoms with Crippen molar-refractivity contribution in [2.75, 3.05) is 0 Å². The molecule has 59 valence electrons. The predicted octanol–water partition coefficient (Wildman–Crippen LogP) is 3.68. The Labute approximate surface area is 76.5 Å². The molecule has 1 aliphatic heterocycles. The third-order valence-corrected chi connectivity index (χ3v) is 2.66. The molecule has 0 atom stereocenters. The van der Waals surface area contributed by atoms with E-state index in [1.54, 1.807) is 11.3 Å². The zero-order valence-electron chi connectivity index (χ0n) is 6.71. The molecule has 0 saturated heterocycles. The highest BCUT2D eigenvalue weighted by Crippen LogP contribution is 2.33. The molecule has 0 amide bonds. The molecule has 0 aromatic carbocycles. The monoisotopic (exact) mass is 173 g/mol. The van der Waals surface area contributed by atoms with E-state index in [4.69, 9.17) is 0 Å². The van der Waals surface area contributed by atoms with Gasteiger partial charge < -0.3 is 0 Å². The van der Waals surface area contributed by atoms with Gasteiger partial charge in [-0.1, -0.05) is 18.7 Å². The molecule has 0 unspecified atom stereocenters. The van der Waals surface area contributed by atoms with Gasteiger partial charge in [-0.05, 0) is 46.0 Å². The van der Waals surface area contributed by atoms with E-state index in [2.05, 4.69) is 36.4 Å². The lowest BCUT2D eigenvalue weighted by atomic mass is 10.1. The Kier molecular flexibility index (Phi) is 1.74. The van der Waals surface area contributed by atoms with Gasteiger partial charge in [0.1, 0.15) is 0 Å². The molecular weight excluding hydrogens is 164 g/mol. The highest BCUT2D eigenvalue weighted by atomic mass is 32.1. The summed E-state index contributed by atoms with van der Waals surface area (Å²) in [6.45, 7) is 7.75. The highest BCUT2D eigenvalue weighted by Gasteiger charge is 2.09. The van der Waals surface area contributed by atoms with Gasteiger partial charge in [-0.25, -0.2) is 0 Å². The molecular formula is C11H9S. The first kappa shape index (κ1) is 7.56. The van der Waals surface area contributed by atoms with Crippen molar-refractivity contribution in [1.82, 2.24) is 0 Å². The lowest BCUT2D eigenvalue weighted by Crippen LogP contribution is -1.73. The second-order valence-electron chi connectivity index (χ2n) is 2.71. The van der Waals surface area contributed by atoms with Crippen LogP contribution in [0.1, 0.15) is 11.1 Å². The predicted molar refractivity (Wildman–Crippen MR) is 55.5 cm³/mol. The quantitative estimate of drug-likeness (QED) is 0.617. The Morgan fingerprint density at radius 3 is 2.92 bits per heavy atom. The summed E-state index contributed by atoms with van der Waals surface area (Å²) in [7, 11) is 0. The Balaban J connectivity index is 2.78. The van der Waals surface area contributed by atoms with Crippen molar-refractivity contribution in [2.45, 2.75) is 0 Å². The summed E-state index contributed by atoms with van der Waals surface area (Å²) in [4.78, 5) is 0. The van der Waals surface area contributed by atoms with Crippen LogP contribution in [0.25, 0.3) is 17.2 Å². The summed E-state index contributed by atoms with van der Waals surface area (Å²) in [5.41, 5.74) is 4.78. The van der Waals surface area contributed by atoms with Crippen LogP contribution in [0.2, 0.25) is 0 Å². The molecule has 0 fully saturated rings. The van der Waals surface area contributed by atoms with Crippen LogP contribution in [0.4, 0.5) is 0 Å². The fourth-order valence-corrected chi connectivity index (χ4v) is 2.08. The van der Waals surface area contributed by atoms with Crippen LogP contribution in [0.5, 0.6) is 0 Å². The molecule has 1 heterocycles. The van der Waals surface area contributed by atoms with Crippen molar-refractivity contribution in [3.63, 3.8) is 0 Å². The van der Waals surface area contributed by atoms with Gasteiger partial charge in [0.15, 0.2) is 0 Å². The summed E-state index contributed by atoms with van der Waals surface area (Å²) < 4.78 is 0. The molecule has 2 aliphatic rings. The average Bonchev–Trinajstić information content (AvgIpc) is 2.44. The number of rotatable bonds is 1. The van der Waals surface area contributed by atoms with E-state index in [9.17, 15) is 0 Å². The van der Waals surface area contributed by atoms with Crippen LogP contribution in [-0.2, 0) is 0 Å². The van der Waals surface area contributed by atoms with Crippen LogP contribution in [0, 0.1) is 6.92 Å². The number of hydrogen-bond donors (Lipinski definition) is 0. The molecule has 0 nitrogen and oxygen atoms in total. The zero-order chi connectivity index (χ0) is 8.55. The van der Waals surface area contributed by atoms with Crippen molar-refractivity contribution >= 4 is 17.4 Å². The summed E-state index contributed by atoms with van der Waals surface area (Å²) in [5, 5.41) is 4.21. The van der Waals surface area contributed by atoms with Gasteiger partial charge in [-0.2, -0.15) is 11.3 Å². The van der Waals surface area contributed by atoms with Crippen molar-refractivity contribution < 1.29 is 0 Å². The maximum absolute atomic E-state index is 3.97. The molecule has 0 aromatic rings. The summed E-state index contributed by atoms with van der Waals surface area (Å²) in [5.74, 6) is 0. The van der Waals surface area contributed by atoms with Crippen molar-refractivity contribution in [3.8, 4) is 11.1 Å². The lowest BCUT2D eigenvalue weighted by molar-refractivity contribution is 1.74. The fourth-order valence-electron chi connectivity index (χ4n) is 1.38. The van der Waals surface area contributed by atoms with Gasteiger partial charge in [0, 0.05) is 0 Å². The van der Waals surface area contributed by atoms with E-state index >= 15 is 0 Å². The molecule has 0 saturated carbocycles. The molecule has 0 aromatic heterocycles. The van der Waals surface area contributed by atoms with Gasteiger partial charge in [0.05, 0.1) is 0 Å². The third kappa shape index (κ3) is 0.978. The molecule has 12 heavy (non-hydrogen) atoms. The Morgan fingerprint density at radius 2 is 2.17 bits per heavy atom. The highest BCUT2D eigenvalue weighted by molar-refractivity contribution is 7.08. The van der Waals surface area contributed by atoms with Gasteiger partial charge in [-0.3, -0.25) is 0 Å². The molecule has 1 heteroatoms. The molecule has 0 spiro atoms. The molecule has 0 N–H and O–H groups in total. The van der Waals surface area contributed by atoms with Crippen molar-refractivity contribution in [2.24, 2.45) is 0 Å². The number of fused-ring (bicyclic) bond motifs is 1. The normalized spacial score (nSPS) is 10.4. The van der Waals surface area contributed by atoms with E-state index in [0.717, 1.165) is 5.56 Å². The van der Waals surface area contributed by atoms with E-state index in [-0.39, 0.29) is 0 Å². The summed E-state index contributed by atoms with van der Waals surface area (Å²) in [6.07, 6.45) is 1.88. The first-order valence-electron chi connectivity index (χ1n) is 3.76. The summed E-state index contributed by atoms with van der Waals surface area (Å²) in [6, 6.07) is 4.18. The van der Waals surface area contributed by atoms with Crippen LogP contribution >= 0.6 is 11.3 Å². The number of hydrogen-bond acceptors (Lipinski definition) is 1. The van der Waals surface area contributed by atoms with Crippen LogP contribution in [0.3, 0.4) is 0 Å². The van der Waals surface area contributed by atoms with Crippen molar-refractivity contribution in [1.29, 1.82) is 0 Å². The summed E-state index contributed by atoms with van der Waals surface area (Å²) >= 11 is 1.70. The smallest absolute Gasteiger partial charge is 0.000888 e. The van der Waals surface area contributed by atoms with E-state index < -0.39 is 0 Å². The second-order valence-corrected chi connectivity index (χ2v) is 3.49. The van der Waals surface area contributed by atoms with Crippen LogP contribution in [0.15, 0.2) is 29.5 Å². The van der Waals surface area contributed by atoms with Gasteiger partial charge in [-0.15, -0.1) is 0 Å². The first-order valence-corrected chi connectivity index (χ1v) is 4.70. The second kappa shape index (κ2) is 2.76.